The van der Waals surface area contributed by atoms with Crippen molar-refractivity contribution in [3.63, 3.8) is 0 Å². The van der Waals surface area contributed by atoms with Gasteiger partial charge in [-0.2, -0.15) is 0 Å². The Hall–Kier alpha value is 0.860. The number of hydrogen-bond donors (Lipinski definition) is 0. The molecule has 4 heavy (non-hydrogen) atoms. The average molecular weight is 144 g/mol. The minimum atomic E-state index is 0.611. The molecule has 0 unspecified atom stereocenters. The average Bonchev–Trinajstić information content (AvgIpc) is 1.50. The number of hydrogen-bond acceptors (Lipinski definition) is 2. The Morgan fingerprint density at radius 2 is 1.50 bits per heavy atom. The summed E-state index contributed by atoms with van der Waals surface area (Å²) in [5.41, 5.74) is 0. The number of rotatable bonds is 0. The molecule has 0 N–H and O–H groups in total. The summed E-state index contributed by atoms with van der Waals surface area (Å²) in [6.07, 6.45) is 0. The fraction of sp³-hybridized carbons (Fsp3) is 0. The topological polar surface area (TPSA) is 17.1 Å². The van der Waals surface area contributed by atoms with Crippen molar-refractivity contribution in [2.75, 3.05) is 0 Å². The van der Waals surface area contributed by atoms with Crippen LogP contribution in [0.4, 0.5) is 0 Å². The molecule has 0 aromatic heterocycles. The molecular weight excluding hydrogens is 142 g/mol. The summed E-state index contributed by atoms with van der Waals surface area (Å²) in [5.74, 6) is 0. The summed E-state index contributed by atoms with van der Waals surface area (Å²) < 4.78 is 8.28. The molecule has 0 saturated carbocycles. The van der Waals surface area contributed by atoms with Crippen LogP contribution >= 0.6 is 10.1 Å². The van der Waals surface area contributed by atoms with Gasteiger partial charge >= 0.3 is 26.7 Å². The third-order valence-electron chi connectivity index (χ3n) is 0. The predicted octanol–water partition coefficient (Wildman–Crippen LogP) is -0.389. The van der Waals surface area contributed by atoms with E-state index >= 15 is 0 Å². The van der Waals surface area contributed by atoms with Gasteiger partial charge in [-0.1, -0.05) is 0 Å². The molecule has 0 saturated heterocycles. The fourth-order valence-corrected chi connectivity index (χ4v) is 0. The second kappa shape index (κ2) is 42.7. The summed E-state index contributed by atoms with van der Waals surface area (Å²) in [7, 11) is 4.82. The van der Waals surface area contributed by atoms with Crippen molar-refractivity contribution in [3.05, 3.63) is 0 Å². The third kappa shape index (κ3) is 13.4. The van der Waals surface area contributed by atoms with Crippen LogP contribution in [0.5, 0.6) is 0 Å². The Kier molecular flexibility index (Phi) is 94.4. The standard InChI is InChI=1S/H2OSi.S.Zn/c1-2;;/h2H2;;. The Labute approximate surface area is 41.5 Å². The molecule has 0 aromatic rings. The van der Waals surface area contributed by atoms with Gasteiger partial charge in [0.15, 0.2) is 0 Å². The van der Waals surface area contributed by atoms with Crippen LogP contribution in [0.25, 0.3) is 0 Å². The van der Waals surface area contributed by atoms with E-state index in [9.17, 15) is 0 Å². The van der Waals surface area contributed by atoms with Gasteiger partial charge in [-0.3, -0.25) is 0 Å². The van der Waals surface area contributed by atoms with Crippen molar-refractivity contribution >= 4 is 20.2 Å². The second-order valence-electron chi connectivity index (χ2n) is 0. The zero-order valence-corrected chi connectivity index (χ0v) is 7.43. The molecule has 0 atom stereocenters. The van der Waals surface area contributed by atoms with Crippen molar-refractivity contribution in [3.8, 4) is 0 Å². The van der Waals surface area contributed by atoms with Gasteiger partial charge in [-0.25, -0.2) is 0 Å². The van der Waals surface area contributed by atoms with E-state index in [2.05, 4.69) is 10.1 Å². The van der Waals surface area contributed by atoms with Crippen molar-refractivity contribution in [1.29, 1.82) is 0 Å². The first-order valence-electron chi connectivity index (χ1n) is 0.577. The minimum absolute atomic E-state index is 0.611. The molecule has 0 aliphatic heterocycles. The normalized spacial score (nSPS) is 2.50. The monoisotopic (exact) mass is 142 g/mol. The summed E-state index contributed by atoms with van der Waals surface area (Å²) in [6.45, 7) is 0. The molecule has 0 radical (unpaired) electrons. The SMILES string of the molecule is O=[SiH2].[S]=[Zn]. The predicted molar refractivity (Wildman–Crippen MR) is 16.8 cm³/mol. The van der Waals surface area contributed by atoms with Crippen LogP contribution in [0.2, 0.25) is 0 Å². The van der Waals surface area contributed by atoms with Crippen LogP contribution in [-0.4, -0.2) is 10.1 Å². The van der Waals surface area contributed by atoms with Crippen molar-refractivity contribution in [1.82, 2.24) is 0 Å². The molecule has 0 amide bonds. The van der Waals surface area contributed by atoms with E-state index in [4.69, 9.17) is 4.46 Å². The van der Waals surface area contributed by atoms with Crippen LogP contribution in [0.3, 0.4) is 0 Å². The van der Waals surface area contributed by atoms with Gasteiger partial charge in [0.1, 0.15) is 0 Å². The quantitative estimate of drug-likeness (QED) is 0.430. The van der Waals surface area contributed by atoms with Crippen LogP contribution in [0.1, 0.15) is 0 Å². The first-order chi connectivity index (χ1) is 2.00. The molecule has 0 aliphatic carbocycles. The van der Waals surface area contributed by atoms with Crippen LogP contribution < -0.4 is 0 Å². The molecule has 1 nitrogen and oxygen atoms in total. The molecule has 0 aliphatic rings. The summed E-state index contributed by atoms with van der Waals surface area (Å²) in [6, 6.07) is 0. The zero-order valence-electron chi connectivity index (χ0n) is 2.23. The molecule has 0 heterocycles. The Morgan fingerprint density at radius 1 is 1.50 bits per heavy atom. The first kappa shape index (κ1) is 8.85. The van der Waals surface area contributed by atoms with E-state index in [0.717, 1.165) is 16.6 Å². The molecule has 4 heteroatoms. The first-order valence-corrected chi connectivity index (χ1v) is 5.37. The summed E-state index contributed by atoms with van der Waals surface area (Å²) in [4.78, 5) is 0. The summed E-state index contributed by atoms with van der Waals surface area (Å²) in [5, 5.41) is 0. The van der Waals surface area contributed by atoms with Crippen LogP contribution in [0, 0.1) is 0 Å². The van der Waals surface area contributed by atoms with Gasteiger partial charge in [0.25, 0.3) is 0 Å². The van der Waals surface area contributed by atoms with Crippen molar-refractivity contribution in [2.24, 2.45) is 0 Å². The Bertz CT molecular complexity index is 10.0. The van der Waals surface area contributed by atoms with Crippen LogP contribution in [0.15, 0.2) is 0 Å². The van der Waals surface area contributed by atoms with Gasteiger partial charge in [0.05, 0.1) is 0 Å². The third-order valence-corrected chi connectivity index (χ3v) is 0. The molecule has 0 fully saturated rings. The van der Waals surface area contributed by atoms with Crippen molar-refractivity contribution in [2.45, 2.75) is 0 Å². The Morgan fingerprint density at radius 3 is 1.50 bits per heavy atom. The molecule has 0 spiro atoms. The Balaban J connectivity index is 0. The molecule has 20 valence electrons. The molecular formula is H2OSSiZn. The van der Waals surface area contributed by atoms with Gasteiger partial charge in [-0.15, -0.1) is 0 Å². The van der Waals surface area contributed by atoms with Gasteiger partial charge in [0.2, 0.25) is 10.1 Å². The molecule has 0 aromatic carbocycles. The van der Waals surface area contributed by atoms with E-state index < -0.39 is 0 Å². The summed E-state index contributed by atoms with van der Waals surface area (Å²) >= 11 is 0.958. The maximum atomic E-state index is 8.28. The second-order valence-corrected chi connectivity index (χ2v) is 0. The fourth-order valence-electron chi connectivity index (χ4n) is 0. The molecule has 0 rings (SSSR count). The van der Waals surface area contributed by atoms with E-state index in [0.29, 0.717) is 10.1 Å². The van der Waals surface area contributed by atoms with E-state index in [1.807, 2.05) is 0 Å². The van der Waals surface area contributed by atoms with Crippen molar-refractivity contribution < 1.29 is 21.0 Å². The molecule has 0 bridgehead atoms. The maximum absolute atomic E-state index is 8.28. The van der Waals surface area contributed by atoms with Crippen LogP contribution in [-0.2, 0) is 21.0 Å². The van der Waals surface area contributed by atoms with E-state index in [1.165, 1.54) is 0 Å². The van der Waals surface area contributed by atoms with E-state index in [1.54, 1.807) is 0 Å². The van der Waals surface area contributed by atoms with E-state index in [-0.39, 0.29) is 0 Å². The van der Waals surface area contributed by atoms with Gasteiger partial charge in [0, 0.05) is 0 Å². The van der Waals surface area contributed by atoms with Gasteiger partial charge < -0.3 is 4.46 Å². The zero-order chi connectivity index (χ0) is 4.00. The van der Waals surface area contributed by atoms with Gasteiger partial charge in [-0.05, 0) is 0 Å².